The van der Waals surface area contributed by atoms with Crippen molar-refractivity contribution in [2.24, 2.45) is 0 Å². The normalized spacial score (nSPS) is 14.4. The summed E-state index contributed by atoms with van der Waals surface area (Å²) in [5.74, 6) is 1.43. The van der Waals surface area contributed by atoms with Gasteiger partial charge in [-0.3, -0.25) is 0 Å². The Kier molecular flexibility index (Phi) is 3.19. The Hall–Kier alpha value is -1.18. The molecule has 4 nitrogen and oxygen atoms in total. The molecule has 0 aliphatic carbocycles. The minimum atomic E-state index is -2.61. The van der Waals surface area contributed by atoms with Crippen molar-refractivity contribution in [2.45, 2.75) is 0 Å². The molecule has 0 radical (unpaired) electrons. The maximum atomic E-state index is 11.0. The number of fused-ring (bicyclic) bond motifs is 2. The van der Waals surface area contributed by atoms with Crippen LogP contribution >= 0.6 is 8.25 Å². The van der Waals surface area contributed by atoms with Crippen LogP contribution in [0.15, 0.2) is 48.5 Å². The van der Waals surface area contributed by atoms with Crippen LogP contribution in [0.1, 0.15) is 0 Å². The van der Waals surface area contributed by atoms with Crippen LogP contribution in [0.5, 0.6) is 11.5 Å². The summed E-state index contributed by atoms with van der Waals surface area (Å²) in [6, 6.07) is 15.0. The number of rotatable bonds is 2. The second-order valence-corrected chi connectivity index (χ2v) is 8.58. The number of hydrogen-bond acceptors (Lipinski definition) is 3. The maximum absolute atomic E-state index is 11.0. The molecule has 1 heterocycles. The van der Waals surface area contributed by atoms with Gasteiger partial charge < -0.3 is 0 Å². The van der Waals surface area contributed by atoms with E-state index in [1.807, 2.05) is 48.5 Å². The molecule has 1 unspecified atom stereocenters. The van der Waals surface area contributed by atoms with Gasteiger partial charge in [0.25, 0.3) is 0 Å². The van der Waals surface area contributed by atoms with Gasteiger partial charge in [0.2, 0.25) is 0 Å². The van der Waals surface area contributed by atoms with E-state index < -0.39 is 23.2 Å². The molecular weight excluding hydrogens is 314 g/mol. The first-order valence-electron chi connectivity index (χ1n) is 5.26. The standard InChI is InChI=1S/C12H8AsO4P/c14-18(15)17-13-9-5-1-3-7-11(9)16-12-8-4-2-6-10(12)13/h1-8H/p+1. The number of hydrogen-bond donors (Lipinski definition) is 1. The van der Waals surface area contributed by atoms with Crippen molar-refractivity contribution < 1.29 is 17.7 Å². The van der Waals surface area contributed by atoms with Crippen molar-refractivity contribution >= 4 is 32.0 Å². The van der Waals surface area contributed by atoms with Crippen molar-refractivity contribution in [3.8, 4) is 11.5 Å². The molecule has 0 spiro atoms. The van der Waals surface area contributed by atoms with E-state index in [1.54, 1.807) is 0 Å². The fraction of sp³-hybridized carbons (Fsp3) is 0. The van der Waals surface area contributed by atoms with Crippen molar-refractivity contribution in [1.82, 2.24) is 0 Å². The molecule has 3 rings (SSSR count). The summed E-state index contributed by atoms with van der Waals surface area (Å²) >= 11 is -2.22. The van der Waals surface area contributed by atoms with E-state index >= 15 is 0 Å². The molecule has 0 bridgehead atoms. The van der Waals surface area contributed by atoms with Crippen LogP contribution < -0.4 is 13.4 Å². The molecular formula is C12H9AsO4P+. The third-order valence-electron chi connectivity index (χ3n) is 2.54. The van der Waals surface area contributed by atoms with Crippen LogP contribution in [0.25, 0.3) is 0 Å². The second-order valence-electron chi connectivity index (χ2n) is 3.65. The molecule has 18 heavy (non-hydrogen) atoms. The van der Waals surface area contributed by atoms with Crippen LogP contribution in [0.2, 0.25) is 0 Å². The molecule has 1 aliphatic heterocycles. The summed E-state index contributed by atoms with van der Waals surface area (Å²) in [6.45, 7) is 0. The van der Waals surface area contributed by atoms with Crippen LogP contribution in [0, 0.1) is 0 Å². The monoisotopic (exact) mass is 323 g/mol. The van der Waals surface area contributed by atoms with Gasteiger partial charge in [0, 0.05) is 0 Å². The molecule has 1 aliphatic rings. The molecule has 0 saturated heterocycles. The van der Waals surface area contributed by atoms with E-state index in [0.29, 0.717) is 11.5 Å². The van der Waals surface area contributed by atoms with E-state index in [1.165, 1.54) is 0 Å². The number of ether oxygens (including phenoxy) is 1. The summed E-state index contributed by atoms with van der Waals surface area (Å²) in [5.41, 5.74) is 0. The third kappa shape index (κ3) is 2.09. The first kappa shape index (κ1) is 11.9. The second kappa shape index (κ2) is 4.83. The predicted octanol–water partition coefficient (Wildman–Crippen LogP) is 1.56. The zero-order valence-electron chi connectivity index (χ0n) is 9.19. The molecule has 2 aromatic carbocycles. The fourth-order valence-electron chi connectivity index (χ4n) is 1.83. The van der Waals surface area contributed by atoms with Crippen LogP contribution in [0.4, 0.5) is 0 Å². The van der Waals surface area contributed by atoms with Gasteiger partial charge in [0.05, 0.1) is 0 Å². The van der Waals surface area contributed by atoms with Crippen molar-refractivity contribution in [3.63, 3.8) is 0 Å². The third-order valence-corrected chi connectivity index (χ3v) is 8.14. The molecule has 90 valence electrons. The van der Waals surface area contributed by atoms with Gasteiger partial charge in [0.15, 0.2) is 0 Å². The average molecular weight is 323 g/mol. The summed E-state index contributed by atoms with van der Waals surface area (Å²) in [5, 5.41) is 0. The van der Waals surface area contributed by atoms with E-state index in [-0.39, 0.29) is 0 Å². The zero-order valence-corrected chi connectivity index (χ0v) is 12.0. The Morgan fingerprint density at radius 1 is 1.00 bits per heavy atom. The Morgan fingerprint density at radius 2 is 1.50 bits per heavy atom. The minimum absolute atomic E-state index is 0.716. The molecule has 0 amide bonds. The van der Waals surface area contributed by atoms with Crippen LogP contribution in [0.3, 0.4) is 0 Å². The van der Waals surface area contributed by atoms with Gasteiger partial charge in [0.1, 0.15) is 0 Å². The number of benzene rings is 2. The van der Waals surface area contributed by atoms with Gasteiger partial charge in [-0.2, -0.15) is 0 Å². The summed E-state index contributed by atoms with van der Waals surface area (Å²) in [4.78, 5) is 9.04. The zero-order chi connectivity index (χ0) is 12.5. The summed E-state index contributed by atoms with van der Waals surface area (Å²) in [7, 11) is -2.61. The Labute approximate surface area is 110 Å². The molecule has 1 N–H and O–H groups in total. The average Bonchev–Trinajstić information content (AvgIpc) is 2.38. The summed E-state index contributed by atoms with van der Waals surface area (Å²) in [6.07, 6.45) is 0. The first-order valence-corrected chi connectivity index (χ1v) is 9.03. The molecule has 6 heteroatoms. The van der Waals surface area contributed by atoms with Gasteiger partial charge in [-0.1, -0.05) is 0 Å². The molecule has 0 saturated carbocycles. The fourth-order valence-corrected chi connectivity index (χ4v) is 6.95. The topological polar surface area (TPSA) is 55.8 Å². The number of para-hydroxylation sites is 2. The van der Waals surface area contributed by atoms with Gasteiger partial charge >= 0.3 is 110 Å². The Bertz CT molecular complexity index is 571. The van der Waals surface area contributed by atoms with Gasteiger partial charge in [-0.05, 0) is 0 Å². The van der Waals surface area contributed by atoms with E-state index in [0.717, 1.165) is 8.70 Å². The van der Waals surface area contributed by atoms with Crippen LogP contribution in [-0.4, -0.2) is 19.9 Å². The van der Waals surface area contributed by atoms with Crippen molar-refractivity contribution in [1.29, 1.82) is 0 Å². The van der Waals surface area contributed by atoms with Crippen LogP contribution in [-0.2, 0) is 8.08 Å². The quantitative estimate of drug-likeness (QED) is 0.673. The van der Waals surface area contributed by atoms with E-state index in [4.69, 9.17) is 13.1 Å². The predicted molar refractivity (Wildman–Crippen MR) is 68.9 cm³/mol. The molecule has 0 fully saturated rings. The Morgan fingerprint density at radius 3 is 2.00 bits per heavy atom. The van der Waals surface area contributed by atoms with Crippen molar-refractivity contribution in [2.75, 3.05) is 0 Å². The molecule has 0 aromatic heterocycles. The van der Waals surface area contributed by atoms with E-state index in [9.17, 15) is 4.57 Å². The first-order chi connectivity index (χ1) is 8.75. The molecule has 2 aromatic rings. The van der Waals surface area contributed by atoms with Gasteiger partial charge in [-0.25, -0.2) is 0 Å². The van der Waals surface area contributed by atoms with Gasteiger partial charge in [-0.15, -0.1) is 0 Å². The van der Waals surface area contributed by atoms with E-state index in [2.05, 4.69) is 0 Å². The summed E-state index contributed by atoms with van der Waals surface area (Å²) < 4.78 is 23.9. The molecule has 1 atom stereocenters. The SMILES string of the molecule is O=[P+](O)O[As]1c2ccccc2Oc2ccccc21. The van der Waals surface area contributed by atoms with Crippen molar-refractivity contribution in [3.05, 3.63) is 48.5 Å². The Balaban J connectivity index is 2.14.